The largest absolute Gasteiger partial charge is 0.376 e. The highest BCUT2D eigenvalue weighted by atomic mass is 32.2. The molecule has 1 rings (SSSR count). The summed E-state index contributed by atoms with van der Waals surface area (Å²) in [5, 5.41) is 0.0559. The Balaban J connectivity index is 2.15. The van der Waals surface area contributed by atoms with E-state index in [0.717, 1.165) is 5.56 Å². The van der Waals surface area contributed by atoms with E-state index in [0.29, 0.717) is 25.5 Å². The molecule has 3 nitrogen and oxygen atoms in total. The summed E-state index contributed by atoms with van der Waals surface area (Å²) in [6.45, 7) is 3.46. The highest BCUT2D eigenvalue weighted by Gasteiger charge is 2.07. The summed E-state index contributed by atoms with van der Waals surface area (Å²) < 4.78 is 17.0. The van der Waals surface area contributed by atoms with Gasteiger partial charge < -0.3 is 10.5 Å². The summed E-state index contributed by atoms with van der Waals surface area (Å²) in [6, 6.07) is 9.96. The Morgan fingerprint density at radius 2 is 2.06 bits per heavy atom. The molecule has 0 aliphatic rings. The van der Waals surface area contributed by atoms with E-state index < -0.39 is 10.8 Å². The first-order valence-electron chi connectivity index (χ1n) is 5.43. The monoisotopic (exact) mass is 241 g/mol. The predicted molar refractivity (Wildman–Crippen MR) is 67.6 cm³/mol. The lowest BCUT2D eigenvalue weighted by Gasteiger charge is -2.08. The molecule has 90 valence electrons. The second kappa shape index (κ2) is 7.54. The van der Waals surface area contributed by atoms with Gasteiger partial charge in [0, 0.05) is 28.3 Å². The van der Waals surface area contributed by atoms with E-state index in [4.69, 9.17) is 10.5 Å². The van der Waals surface area contributed by atoms with Crippen molar-refractivity contribution in [1.29, 1.82) is 0 Å². The van der Waals surface area contributed by atoms with Crippen LogP contribution in [0.1, 0.15) is 12.5 Å². The second-order valence-corrected chi connectivity index (χ2v) is 5.64. The fourth-order valence-corrected chi connectivity index (χ4v) is 2.11. The predicted octanol–water partition coefficient (Wildman–Crippen LogP) is 1.30. The van der Waals surface area contributed by atoms with Crippen LogP contribution in [0.2, 0.25) is 0 Å². The summed E-state index contributed by atoms with van der Waals surface area (Å²) >= 11 is 0. The summed E-state index contributed by atoms with van der Waals surface area (Å²) in [5.74, 6) is 0.561. The number of nitrogens with two attached hydrogens (primary N) is 1. The van der Waals surface area contributed by atoms with E-state index in [9.17, 15) is 4.21 Å². The number of ether oxygens (including phenoxy) is 1. The van der Waals surface area contributed by atoms with E-state index in [1.54, 1.807) is 0 Å². The van der Waals surface area contributed by atoms with Gasteiger partial charge in [0.15, 0.2) is 0 Å². The molecule has 0 radical (unpaired) electrons. The first kappa shape index (κ1) is 13.4. The van der Waals surface area contributed by atoms with Gasteiger partial charge in [-0.25, -0.2) is 0 Å². The lowest BCUT2D eigenvalue weighted by Crippen LogP contribution is -2.25. The van der Waals surface area contributed by atoms with Gasteiger partial charge >= 0.3 is 0 Å². The molecule has 2 N–H and O–H groups in total. The van der Waals surface area contributed by atoms with Gasteiger partial charge in [-0.3, -0.25) is 4.21 Å². The lowest BCUT2D eigenvalue weighted by atomic mass is 10.2. The molecule has 0 bridgehead atoms. The molecule has 0 saturated carbocycles. The molecule has 16 heavy (non-hydrogen) atoms. The molecule has 2 unspecified atom stereocenters. The van der Waals surface area contributed by atoms with E-state index in [2.05, 4.69) is 0 Å². The van der Waals surface area contributed by atoms with Crippen molar-refractivity contribution in [1.82, 2.24) is 0 Å². The Labute approximate surface area is 99.4 Å². The molecule has 1 aromatic carbocycles. The Morgan fingerprint density at radius 3 is 2.69 bits per heavy atom. The maximum Gasteiger partial charge on any atom is 0.0717 e. The van der Waals surface area contributed by atoms with Crippen LogP contribution in [0.4, 0.5) is 0 Å². The van der Waals surface area contributed by atoms with Gasteiger partial charge in [0.25, 0.3) is 0 Å². The molecule has 0 aliphatic carbocycles. The number of hydrogen-bond donors (Lipinski definition) is 1. The van der Waals surface area contributed by atoms with Crippen LogP contribution in [0.15, 0.2) is 30.3 Å². The molecule has 0 saturated heterocycles. The van der Waals surface area contributed by atoms with E-state index in [1.807, 2.05) is 37.3 Å². The zero-order valence-electron chi connectivity index (χ0n) is 9.59. The van der Waals surface area contributed by atoms with Crippen LogP contribution in [0.25, 0.3) is 0 Å². The first-order chi connectivity index (χ1) is 7.74. The van der Waals surface area contributed by atoms with Crippen molar-refractivity contribution in [2.24, 2.45) is 5.73 Å². The molecule has 4 heteroatoms. The molecule has 0 aliphatic heterocycles. The van der Waals surface area contributed by atoms with Gasteiger partial charge in [-0.05, 0) is 12.5 Å². The Hall–Kier alpha value is -0.710. The third-order valence-corrected chi connectivity index (χ3v) is 3.98. The van der Waals surface area contributed by atoms with Crippen LogP contribution in [0.3, 0.4) is 0 Å². The molecule has 2 atom stereocenters. The van der Waals surface area contributed by atoms with Gasteiger partial charge in [0.05, 0.1) is 13.2 Å². The van der Waals surface area contributed by atoms with E-state index in [-0.39, 0.29) is 5.25 Å². The summed E-state index contributed by atoms with van der Waals surface area (Å²) in [4.78, 5) is 0. The highest BCUT2D eigenvalue weighted by Crippen LogP contribution is 2.01. The molecule has 0 amide bonds. The van der Waals surface area contributed by atoms with Crippen molar-refractivity contribution in [3.05, 3.63) is 35.9 Å². The Kier molecular flexibility index (Phi) is 6.30. The second-order valence-electron chi connectivity index (χ2n) is 3.67. The lowest BCUT2D eigenvalue weighted by molar-refractivity contribution is 0.136. The third kappa shape index (κ3) is 4.88. The third-order valence-electron chi connectivity index (χ3n) is 2.32. The van der Waals surface area contributed by atoms with Crippen molar-refractivity contribution in [3.63, 3.8) is 0 Å². The highest BCUT2D eigenvalue weighted by molar-refractivity contribution is 7.85. The maximum absolute atomic E-state index is 11.5. The fourth-order valence-electron chi connectivity index (χ4n) is 1.21. The summed E-state index contributed by atoms with van der Waals surface area (Å²) in [7, 11) is -0.873. The molecule has 1 aromatic rings. The van der Waals surface area contributed by atoms with Crippen LogP contribution in [0, 0.1) is 0 Å². The molecule has 0 heterocycles. The topological polar surface area (TPSA) is 52.3 Å². The fraction of sp³-hybridized carbons (Fsp3) is 0.500. The first-order valence-corrected chi connectivity index (χ1v) is 6.81. The smallest absolute Gasteiger partial charge is 0.0717 e. The molecular formula is C12H19NO2S. The van der Waals surface area contributed by atoms with Crippen molar-refractivity contribution in [3.8, 4) is 0 Å². The van der Waals surface area contributed by atoms with E-state index >= 15 is 0 Å². The van der Waals surface area contributed by atoms with Crippen molar-refractivity contribution in [2.45, 2.75) is 18.8 Å². The zero-order valence-corrected chi connectivity index (χ0v) is 10.4. The minimum Gasteiger partial charge on any atom is -0.376 e. The Morgan fingerprint density at radius 1 is 1.38 bits per heavy atom. The van der Waals surface area contributed by atoms with Crippen LogP contribution in [-0.4, -0.2) is 28.4 Å². The van der Waals surface area contributed by atoms with Crippen LogP contribution < -0.4 is 5.73 Å². The van der Waals surface area contributed by atoms with Gasteiger partial charge in [-0.1, -0.05) is 30.3 Å². The molecule has 0 aromatic heterocycles. The number of benzene rings is 1. The molecular weight excluding hydrogens is 222 g/mol. The van der Waals surface area contributed by atoms with Gasteiger partial charge in [-0.15, -0.1) is 0 Å². The maximum atomic E-state index is 11.5. The number of hydrogen-bond acceptors (Lipinski definition) is 3. The minimum absolute atomic E-state index is 0.0559. The number of rotatable bonds is 7. The SMILES string of the molecule is CC(CN)S(=O)CCOCc1ccccc1. The average Bonchev–Trinajstić information content (AvgIpc) is 2.34. The zero-order chi connectivity index (χ0) is 11.8. The van der Waals surface area contributed by atoms with Crippen LogP contribution in [0.5, 0.6) is 0 Å². The standard InChI is InChI=1S/C12H19NO2S/c1-11(9-13)16(14)8-7-15-10-12-5-3-2-4-6-12/h2-6,11H,7-10,13H2,1H3. The van der Waals surface area contributed by atoms with Crippen LogP contribution >= 0.6 is 0 Å². The average molecular weight is 241 g/mol. The van der Waals surface area contributed by atoms with Crippen molar-refractivity contribution in [2.75, 3.05) is 18.9 Å². The minimum atomic E-state index is -0.873. The van der Waals surface area contributed by atoms with Gasteiger partial charge in [-0.2, -0.15) is 0 Å². The normalized spacial score (nSPS) is 14.6. The van der Waals surface area contributed by atoms with E-state index in [1.165, 1.54) is 0 Å². The quantitative estimate of drug-likeness (QED) is 0.732. The summed E-state index contributed by atoms with van der Waals surface area (Å²) in [5.41, 5.74) is 6.57. The molecule has 0 spiro atoms. The molecule has 0 fully saturated rings. The summed E-state index contributed by atoms with van der Waals surface area (Å²) in [6.07, 6.45) is 0. The Bertz CT molecular complexity index is 316. The van der Waals surface area contributed by atoms with Gasteiger partial charge in [0.1, 0.15) is 0 Å². The van der Waals surface area contributed by atoms with Crippen LogP contribution in [-0.2, 0) is 22.1 Å². The van der Waals surface area contributed by atoms with Crippen molar-refractivity contribution >= 4 is 10.8 Å². The van der Waals surface area contributed by atoms with Gasteiger partial charge in [0.2, 0.25) is 0 Å². The van der Waals surface area contributed by atoms with Crippen molar-refractivity contribution < 1.29 is 8.95 Å².